The minimum Gasteiger partial charge on any atom is -0.377 e. The van der Waals surface area contributed by atoms with Crippen LogP contribution in [0.15, 0.2) is 0 Å². The number of hydrogen-bond donors (Lipinski definition) is 1. The van der Waals surface area contributed by atoms with Crippen LogP contribution in [0.2, 0.25) is 0 Å². The Hall–Kier alpha value is -0.610. The summed E-state index contributed by atoms with van der Waals surface area (Å²) in [5, 5.41) is 2.96. The first kappa shape index (κ1) is 13.8. The predicted octanol–water partition coefficient (Wildman–Crippen LogP) is 1.54. The molecule has 0 aliphatic carbocycles. The third kappa shape index (κ3) is 2.86. The van der Waals surface area contributed by atoms with Gasteiger partial charge in [-0.25, -0.2) is 0 Å². The van der Waals surface area contributed by atoms with E-state index in [9.17, 15) is 4.79 Å². The monoisotopic (exact) mass is 254 g/mol. The van der Waals surface area contributed by atoms with Gasteiger partial charge in [0.1, 0.15) is 0 Å². The van der Waals surface area contributed by atoms with Crippen molar-refractivity contribution >= 4 is 5.91 Å². The van der Waals surface area contributed by atoms with Crippen LogP contribution < -0.4 is 5.32 Å². The number of nitrogens with zero attached hydrogens (tertiary/aromatic N) is 1. The molecule has 18 heavy (non-hydrogen) atoms. The van der Waals surface area contributed by atoms with Crippen LogP contribution in [-0.2, 0) is 9.53 Å². The van der Waals surface area contributed by atoms with Gasteiger partial charge >= 0.3 is 0 Å². The van der Waals surface area contributed by atoms with E-state index in [0.717, 1.165) is 19.7 Å². The fraction of sp³-hybridized carbons (Fsp3) is 0.929. The molecule has 0 bridgehead atoms. The summed E-state index contributed by atoms with van der Waals surface area (Å²) in [5.41, 5.74) is 0.257. The molecule has 2 fully saturated rings. The molecule has 0 spiro atoms. The Morgan fingerprint density at radius 2 is 2.28 bits per heavy atom. The van der Waals surface area contributed by atoms with Gasteiger partial charge in [-0.15, -0.1) is 0 Å². The largest absolute Gasteiger partial charge is 0.377 e. The lowest BCUT2D eigenvalue weighted by Gasteiger charge is -2.35. The van der Waals surface area contributed by atoms with E-state index in [1.54, 1.807) is 6.92 Å². The van der Waals surface area contributed by atoms with Gasteiger partial charge in [0.05, 0.1) is 12.7 Å². The van der Waals surface area contributed by atoms with E-state index in [1.165, 1.54) is 25.7 Å². The molecule has 0 aromatic carbocycles. The van der Waals surface area contributed by atoms with Crippen LogP contribution in [0.1, 0.15) is 46.5 Å². The summed E-state index contributed by atoms with van der Waals surface area (Å²) in [7, 11) is 0. The van der Waals surface area contributed by atoms with Crippen LogP contribution in [-0.4, -0.2) is 48.2 Å². The second-order valence-corrected chi connectivity index (χ2v) is 6.01. The van der Waals surface area contributed by atoms with Gasteiger partial charge in [0.15, 0.2) is 0 Å². The number of carbonyl (C=O) groups excluding carboxylic acids is 1. The van der Waals surface area contributed by atoms with E-state index >= 15 is 0 Å². The van der Waals surface area contributed by atoms with E-state index < -0.39 is 0 Å². The molecule has 2 saturated heterocycles. The summed E-state index contributed by atoms with van der Waals surface area (Å²) in [6.07, 6.45) is 5.20. The van der Waals surface area contributed by atoms with E-state index in [0.29, 0.717) is 12.1 Å². The Labute approximate surface area is 110 Å². The number of hydrogen-bond acceptors (Lipinski definition) is 3. The summed E-state index contributed by atoms with van der Waals surface area (Å²) in [6, 6.07) is 0.507. The summed E-state index contributed by atoms with van der Waals surface area (Å²) >= 11 is 0. The Balaban J connectivity index is 1.93. The average Bonchev–Trinajstić information content (AvgIpc) is 2.82. The van der Waals surface area contributed by atoms with Gasteiger partial charge in [-0.2, -0.15) is 0 Å². The molecule has 1 amide bonds. The Morgan fingerprint density at radius 1 is 1.50 bits per heavy atom. The fourth-order valence-corrected chi connectivity index (χ4v) is 3.41. The molecule has 2 heterocycles. The summed E-state index contributed by atoms with van der Waals surface area (Å²) in [4.78, 5) is 13.6. The number of ether oxygens (including phenoxy) is 1. The van der Waals surface area contributed by atoms with Crippen molar-refractivity contribution in [3.63, 3.8) is 0 Å². The molecule has 4 nitrogen and oxygen atoms in total. The molecular formula is C14H26N2O2. The Morgan fingerprint density at radius 3 is 2.94 bits per heavy atom. The molecule has 0 aromatic rings. The highest BCUT2D eigenvalue weighted by Crippen LogP contribution is 2.42. The molecule has 104 valence electrons. The van der Waals surface area contributed by atoms with Crippen molar-refractivity contribution in [2.45, 2.75) is 64.1 Å². The normalized spacial score (nSPS) is 31.9. The molecule has 0 unspecified atom stereocenters. The van der Waals surface area contributed by atoms with Gasteiger partial charge in [-0.1, -0.05) is 0 Å². The number of rotatable bonds is 5. The third-order valence-corrected chi connectivity index (χ3v) is 4.31. The van der Waals surface area contributed by atoms with Gasteiger partial charge in [0.25, 0.3) is 0 Å². The van der Waals surface area contributed by atoms with Gasteiger partial charge in [0.2, 0.25) is 5.91 Å². The number of amides is 1. The van der Waals surface area contributed by atoms with E-state index in [-0.39, 0.29) is 11.4 Å². The lowest BCUT2D eigenvalue weighted by Crippen LogP contribution is -2.49. The van der Waals surface area contributed by atoms with Crippen LogP contribution >= 0.6 is 0 Å². The van der Waals surface area contributed by atoms with Crippen molar-refractivity contribution in [2.75, 3.05) is 19.7 Å². The predicted molar refractivity (Wildman–Crippen MR) is 71.5 cm³/mol. The topological polar surface area (TPSA) is 41.6 Å². The van der Waals surface area contributed by atoms with Crippen molar-refractivity contribution < 1.29 is 9.53 Å². The summed E-state index contributed by atoms with van der Waals surface area (Å²) in [5.74, 6) is 0.0742. The quantitative estimate of drug-likeness (QED) is 0.809. The minimum atomic E-state index is 0.0742. The first-order valence-corrected chi connectivity index (χ1v) is 7.16. The smallest absolute Gasteiger partial charge is 0.216 e. The Kier molecular flexibility index (Phi) is 4.28. The van der Waals surface area contributed by atoms with Crippen LogP contribution in [0.4, 0.5) is 0 Å². The zero-order valence-corrected chi connectivity index (χ0v) is 11.9. The lowest BCUT2D eigenvalue weighted by atomic mass is 9.95. The lowest BCUT2D eigenvalue weighted by molar-refractivity contribution is -0.119. The van der Waals surface area contributed by atoms with E-state index in [4.69, 9.17) is 4.74 Å². The molecule has 2 aliphatic rings. The van der Waals surface area contributed by atoms with Crippen LogP contribution in [0.3, 0.4) is 0 Å². The molecule has 4 heteroatoms. The van der Waals surface area contributed by atoms with Crippen LogP contribution in [0.25, 0.3) is 0 Å². The van der Waals surface area contributed by atoms with Gasteiger partial charge in [-0.3, -0.25) is 9.69 Å². The van der Waals surface area contributed by atoms with Crippen molar-refractivity contribution in [2.24, 2.45) is 0 Å². The van der Waals surface area contributed by atoms with E-state index in [2.05, 4.69) is 24.1 Å². The number of carbonyl (C=O) groups is 1. The molecule has 2 atom stereocenters. The van der Waals surface area contributed by atoms with Crippen molar-refractivity contribution in [1.82, 2.24) is 10.2 Å². The summed E-state index contributed by atoms with van der Waals surface area (Å²) in [6.45, 7) is 8.58. The summed E-state index contributed by atoms with van der Waals surface area (Å²) < 4.78 is 5.88. The first-order valence-electron chi connectivity index (χ1n) is 7.16. The van der Waals surface area contributed by atoms with Crippen molar-refractivity contribution in [3.05, 3.63) is 0 Å². The maximum absolute atomic E-state index is 11.0. The van der Waals surface area contributed by atoms with Crippen molar-refractivity contribution in [1.29, 1.82) is 0 Å². The maximum atomic E-state index is 11.0. The van der Waals surface area contributed by atoms with Gasteiger partial charge < -0.3 is 10.1 Å². The highest BCUT2D eigenvalue weighted by atomic mass is 16.5. The van der Waals surface area contributed by atoms with E-state index in [1.807, 2.05) is 0 Å². The zero-order chi connectivity index (χ0) is 13.2. The SMILES string of the molecule is CC(=O)NC[C@H]1CC[C@@]2(COC(C)C)CCCN12. The molecule has 2 aliphatic heterocycles. The molecule has 2 rings (SSSR count). The zero-order valence-electron chi connectivity index (χ0n) is 11.9. The highest BCUT2D eigenvalue weighted by molar-refractivity contribution is 5.72. The minimum absolute atomic E-state index is 0.0742. The van der Waals surface area contributed by atoms with Crippen molar-refractivity contribution in [3.8, 4) is 0 Å². The number of fused-ring (bicyclic) bond motifs is 1. The standard InChI is InChI=1S/C14H26N2O2/c1-11(2)18-10-14-6-4-8-16(14)13(5-7-14)9-15-12(3)17/h11,13H,4-10H2,1-3H3,(H,15,17)/t13-,14-/m1/s1. The fourth-order valence-electron chi connectivity index (χ4n) is 3.41. The van der Waals surface area contributed by atoms with Crippen LogP contribution in [0, 0.1) is 0 Å². The average molecular weight is 254 g/mol. The van der Waals surface area contributed by atoms with Gasteiger partial charge in [-0.05, 0) is 46.1 Å². The molecule has 0 radical (unpaired) electrons. The molecule has 0 aromatic heterocycles. The maximum Gasteiger partial charge on any atom is 0.216 e. The Bertz CT molecular complexity index is 306. The first-order chi connectivity index (χ1) is 8.53. The molecule has 0 saturated carbocycles. The second kappa shape index (κ2) is 5.57. The molecular weight excluding hydrogens is 228 g/mol. The van der Waals surface area contributed by atoms with Crippen LogP contribution in [0.5, 0.6) is 0 Å². The van der Waals surface area contributed by atoms with Gasteiger partial charge in [0, 0.05) is 25.0 Å². The molecule has 1 N–H and O–H groups in total. The highest BCUT2D eigenvalue weighted by Gasteiger charge is 2.49. The second-order valence-electron chi connectivity index (χ2n) is 6.01. The number of nitrogens with one attached hydrogen (secondary N) is 1. The third-order valence-electron chi connectivity index (χ3n) is 4.31.